The van der Waals surface area contributed by atoms with Gasteiger partial charge in [-0.25, -0.2) is 9.97 Å². The molecular weight excluding hydrogens is 468 g/mol. The Balaban J connectivity index is 0.000000804. The first-order chi connectivity index (χ1) is 18.7. The third-order valence-electron chi connectivity index (χ3n) is 8.74. The molecule has 0 bridgehead atoms. The largest absolute Gasteiger partial charge is 0.344 e. The van der Waals surface area contributed by atoms with Gasteiger partial charge in [-0.2, -0.15) is 0 Å². The van der Waals surface area contributed by atoms with E-state index in [1.165, 1.54) is 80.6 Å². The summed E-state index contributed by atoms with van der Waals surface area (Å²) >= 11 is 0. The van der Waals surface area contributed by atoms with E-state index >= 15 is 0 Å². The number of likely N-dealkylation sites (tertiary alicyclic amines) is 2. The van der Waals surface area contributed by atoms with Gasteiger partial charge < -0.3 is 9.97 Å². The SMILES string of the molecule is CC.CC.CN1CCCC1c1ncc(-c2ccc(C3CCC(c4cnc(C5CCCN5C)[nH]4)CC3)cc2)[nH]1. The Bertz CT molecular complexity index is 1090. The fourth-order valence-electron chi connectivity index (χ4n) is 6.57. The summed E-state index contributed by atoms with van der Waals surface area (Å²) in [7, 11) is 4.42. The van der Waals surface area contributed by atoms with Crippen molar-refractivity contribution in [3.8, 4) is 11.3 Å². The van der Waals surface area contributed by atoms with Crippen LogP contribution in [0.25, 0.3) is 11.3 Å². The Morgan fingerprint density at radius 2 is 1.18 bits per heavy atom. The van der Waals surface area contributed by atoms with Crippen LogP contribution in [0.15, 0.2) is 36.7 Å². The molecule has 1 aromatic carbocycles. The summed E-state index contributed by atoms with van der Waals surface area (Å²) in [5.74, 6) is 3.58. The van der Waals surface area contributed by atoms with Crippen LogP contribution in [0, 0.1) is 0 Å². The molecule has 4 heterocycles. The molecule has 2 aliphatic heterocycles. The highest BCUT2D eigenvalue weighted by molar-refractivity contribution is 5.59. The number of rotatable bonds is 5. The van der Waals surface area contributed by atoms with Gasteiger partial charge in [-0.15, -0.1) is 0 Å². The minimum Gasteiger partial charge on any atom is -0.344 e. The first-order valence-corrected chi connectivity index (χ1v) is 15.3. The molecule has 1 aliphatic carbocycles. The van der Waals surface area contributed by atoms with Gasteiger partial charge >= 0.3 is 0 Å². The first kappa shape index (κ1) is 28.6. The van der Waals surface area contributed by atoms with E-state index in [-0.39, 0.29) is 0 Å². The zero-order valence-corrected chi connectivity index (χ0v) is 24.6. The molecule has 2 unspecified atom stereocenters. The Hall–Kier alpha value is -2.44. The third kappa shape index (κ3) is 6.23. The normalized spacial score (nSPS) is 25.9. The summed E-state index contributed by atoms with van der Waals surface area (Å²) in [4.78, 5) is 21.6. The van der Waals surface area contributed by atoms with Crippen LogP contribution in [0.3, 0.4) is 0 Å². The van der Waals surface area contributed by atoms with Gasteiger partial charge in [0.2, 0.25) is 0 Å². The van der Waals surface area contributed by atoms with Gasteiger partial charge in [0.15, 0.2) is 0 Å². The lowest BCUT2D eigenvalue weighted by Gasteiger charge is -2.28. The molecule has 6 heteroatoms. The molecule has 3 fully saturated rings. The number of imidazole rings is 2. The lowest BCUT2D eigenvalue weighted by atomic mass is 9.77. The van der Waals surface area contributed by atoms with Crippen LogP contribution in [0.2, 0.25) is 0 Å². The highest BCUT2D eigenvalue weighted by atomic mass is 15.2. The van der Waals surface area contributed by atoms with Gasteiger partial charge in [-0.05, 0) is 95.6 Å². The van der Waals surface area contributed by atoms with Crippen molar-refractivity contribution in [2.24, 2.45) is 0 Å². The van der Waals surface area contributed by atoms with E-state index in [2.05, 4.69) is 64.3 Å². The molecule has 2 saturated heterocycles. The molecule has 2 aromatic heterocycles. The van der Waals surface area contributed by atoms with E-state index in [4.69, 9.17) is 9.97 Å². The zero-order chi connectivity index (χ0) is 27.1. The molecule has 6 nitrogen and oxygen atoms in total. The van der Waals surface area contributed by atoms with Crippen molar-refractivity contribution >= 4 is 0 Å². The van der Waals surface area contributed by atoms with Gasteiger partial charge in [-0.1, -0.05) is 52.0 Å². The second-order valence-electron chi connectivity index (χ2n) is 10.9. The van der Waals surface area contributed by atoms with E-state index in [0.29, 0.717) is 23.9 Å². The van der Waals surface area contributed by atoms with Crippen LogP contribution in [0.1, 0.15) is 126 Å². The Morgan fingerprint density at radius 1 is 0.658 bits per heavy atom. The summed E-state index contributed by atoms with van der Waals surface area (Å²) < 4.78 is 0. The van der Waals surface area contributed by atoms with Crippen LogP contribution in [-0.4, -0.2) is 56.9 Å². The summed E-state index contributed by atoms with van der Waals surface area (Å²) in [6, 6.07) is 10.1. The molecule has 2 N–H and O–H groups in total. The van der Waals surface area contributed by atoms with Crippen molar-refractivity contribution < 1.29 is 0 Å². The smallest absolute Gasteiger partial charge is 0.123 e. The predicted molar refractivity (Wildman–Crippen MR) is 158 cm³/mol. The molecule has 0 radical (unpaired) electrons. The highest BCUT2D eigenvalue weighted by Crippen LogP contribution is 2.41. The van der Waals surface area contributed by atoms with Gasteiger partial charge in [0.1, 0.15) is 11.6 Å². The highest BCUT2D eigenvalue weighted by Gasteiger charge is 2.29. The summed E-state index contributed by atoms with van der Waals surface area (Å²) in [6.07, 6.45) is 14.1. The quantitative estimate of drug-likeness (QED) is 0.361. The number of benzene rings is 1. The van der Waals surface area contributed by atoms with Crippen molar-refractivity contribution in [1.29, 1.82) is 0 Å². The van der Waals surface area contributed by atoms with E-state index in [1.54, 1.807) is 0 Å². The molecule has 6 rings (SSSR count). The van der Waals surface area contributed by atoms with Gasteiger partial charge in [0.25, 0.3) is 0 Å². The molecule has 3 aromatic rings. The van der Waals surface area contributed by atoms with E-state index < -0.39 is 0 Å². The minimum atomic E-state index is 0.438. The van der Waals surface area contributed by atoms with Gasteiger partial charge in [0.05, 0.1) is 24.0 Å². The van der Waals surface area contributed by atoms with Crippen molar-refractivity contribution in [2.45, 2.75) is 103 Å². The Morgan fingerprint density at radius 3 is 1.74 bits per heavy atom. The second kappa shape index (κ2) is 13.6. The molecular formula is C32H50N6. The number of aromatic nitrogens is 4. The monoisotopic (exact) mass is 518 g/mol. The van der Waals surface area contributed by atoms with Crippen LogP contribution in [0.5, 0.6) is 0 Å². The molecule has 38 heavy (non-hydrogen) atoms. The minimum absolute atomic E-state index is 0.438. The number of nitrogens with zero attached hydrogens (tertiary/aromatic N) is 4. The fourth-order valence-corrected chi connectivity index (χ4v) is 6.57. The standard InChI is InChI=1S/C28H38N6.2C2H6/c1-33-15-3-5-25(33)27-29-17-23(31-27)21-11-7-19(8-12-21)20-9-13-22(14-10-20)24-18-30-28(32-24)26-6-4-16-34(26)2;2*1-2/h7-8,11-12,17-18,20,22,25-26H,3-6,9-10,13-16H2,1-2H3,(H,29,31)(H,30,32);2*1-2H3. The molecule has 0 spiro atoms. The Labute approximate surface area is 230 Å². The van der Waals surface area contributed by atoms with Crippen LogP contribution in [0.4, 0.5) is 0 Å². The predicted octanol–water partition coefficient (Wildman–Crippen LogP) is 7.83. The van der Waals surface area contributed by atoms with Crippen molar-refractivity contribution in [2.75, 3.05) is 27.2 Å². The first-order valence-electron chi connectivity index (χ1n) is 15.3. The van der Waals surface area contributed by atoms with E-state index in [1.807, 2.05) is 33.9 Å². The Kier molecular flexibility index (Phi) is 10.2. The number of hydrogen-bond acceptors (Lipinski definition) is 4. The van der Waals surface area contributed by atoms with Crippen molar-refractivity contribution in [1.82, 2.24) is 29.7 Å². The van der Waals surface area contributed by atoms with Crippen molar-refractivity contribution in [3.05, 3.63) is 59.6 Å². The van der Waals surface area contributed by atoms with Crippen LogP contribution < -0.4 is 0 Å². The van der Waals surface area contributed by atoms with Gasteiger partial charge in [-0.3, -0.25) is 9.80 Å². The lowest BCUT2D eigenvalue weighted by Crippen LogP contribution is -2.18. The third-order valence-corrected chi connectivity index (χ3v) is 8.74. The topological polar surface area (TPSA) is 63.8 Å². The molecule has 1 saturated carbocycles. The number of aromatic amines is 2. The maximum Gasteiger partial charge on any atom is 0.123 e. The fraction of sp³-hybridized carbons (Fsp3) is 0.625. The van der Waals surface area contributed by atoms with Crippen molar-refractivity contribution in [3.63, 3.8) is 0 Å². The van der Waals surface area contributed by atoms with Gasteiger partial charge in [0, 0.05) is 17.8 Å². The molecule has 208 valence electrons. The average Bonchev–Trinajstić information content (AvgIpc) is 3.79. The zero-order valence-electron chi connectivity index (χ0n) is 24.6. The van der Waals surface area contributed by atoms with E-state index in [9.17, 15) is 0 Å². The maximum atomic E-state index is 4.76. The maximum absolute atomic E-state index is 4.76. The van der Waals surface area contributed by atoms with Crippen LogP contribution in [-0.2, 0) is 0 Å². The summed E-state index contributed by atoms with van der Waals surface area (Å²) in [5.41, 5.74) is 5.20. The summed E-state index contributed by atoms with van der Waals surface area (Å²) in [5, 5.41) is 0. The summed E-state index contributed by atoms with van der Waals surface area (Å²) in [6.45, 7) is 10.3. The second-order valence-corrected chi connectivity index (χ2v) is 10.9. The number of hydrogen-bond donors (Lipinski definition) is 2. The lowest BCUT2D eigenvalue weighted by molar-refractivity contribution is 0.306. The number of H-pyrrole nitrogens is 2. The molecule has 3 aliphatic rings. The molecule has 0 amide bonds. The van der Waals surface area contributed by atoms with Crippen LogP contribution >= 0.6 is 0 Å². The average molecular weight is 519 g/mol. The molecule has 2 atom stereocenters. The van der Waals surface area contributed by atoms with E-state index in [0.717, 1.165) is 18.1 Å². The number of nitrogens with one attached hydrogen (secondary N) is 2.